The Morgan fingerprint density at radius 3 is 3.18 bits per heavy atom. The summed E-state index contributed by atoms with van der Waals surface area (Å²) < 4.78 is 0. The fourth-order valence-corrected chi connectivity index (χ4v) is 1.11. The van der Waals surface area contributed by atoms with Crippen molar-refractivity contribution in [1.29, 1.82) is 0 Å². The fourth-order valence-electron chi connectivity index (χ4n) is 1.11. The lowest BCUT2D eigenvalue weighted by molar-refractivity contribution is -0.404. The lowest BCUT2D eigenvalue weighted by Gasteiger charge is -2.12. The molecule has 0 amide bonds. The van der Waals surface area contributed by atoms with E-state index in [2.05, 4.69) is 5.32 Å². The van der Waals surface area contributed by atoms with Gasteiger partial charge in [0.1, 0.15) is 0 Å². The van der Waals surface area contributed by atoms with Crippen LogP contribution in [0.25, 0.3) is 0 Å². The zero-order chi connectivity index (χ0) is 8.27. The second kappa shape index (κ2) is 3.23. The molecular weight excluding hydrogens is 146 g/mol. The van der Waals surface area contributed by atoms with Crippen molar-refractivity contribution in [2.24, 2.45) is 0 Å². The van der Waals surface area contributed by atoms with Gasteiger partial charge in [0.2, 0.25) is 0 Å². The van der Waals surface area contributed by atoms with Crippen molar-refractivity contribution in [3.8, 4) is 0 Å². The van der Waals surface area contributed by atoms with Gasteiger partial charge in [-0.15, -0.1) is 0 Å². The summed E-state index contributed by atoms with van der Waals surface area (Å²) in [6.45, 7) is 4.44. The Labute approximate surface area is 64.8 Å². The van der Waals surface area contributed by atoms with Crippen molar-refractivity contribution in [1.82, 2.24) is 10.2 Å². The number of hydrogen-bond donors (Lipinski definition) is 1. The highest BCUT2D eigenvalue weighted by atomic mass is 16.6. The number of nitrogens with zero attached hydrogens (tertiary/aromatic N) is 2. The van der Waals surface area contributed by atoms with Gasteiger partial charge in [-0.1, -0.05) is 0 Å². The van der Waals surface area contributed by atoms with Crippen molar-refractivity contribution in [3.63, 3.8) is 0 Å². The van der Waals surface area contributed by atoms with E-state index in [0.29, 0.717) is 5.82 Å². The molecule has 0 aromatic heterocycles. The van der Waals surface area contributed by atoms with E-state index in [-0.39, 0.29) is 0 Å². The second-order valence-electron chi connectivity index (χ2n) is 2.31. The number of likely N-dealkylation sites (N-methyl/N-ethyl adjacent to an activating group) is 1. The Kier molecular flexibility index (Phi) is 2.30. The summed E-state index contributed by atoms with van der Waals surface area (Å²) in [6.07, 6.45) is 1.01. The van der Waals surface area contributed by atoms with Crippen molar-refractivity contribution in [2.75, 3.05) is 19.6 Å². The molecule has 0 aliphatic carbocycles. The van der Waals surface area contributed by atoms with Crippen LogP contribution in [0.15, 0.2) is 12.0 Å². The highest BCUT2D eigenvalue weighted by molar-refractivity contribution is 4.99. The van der Waals surface area contributed by atoms with Crippen molar-refractivity contribution in [3.05, 3.63) is 22.1 Å². The zero-order valence-corrected chi connectivity index (χ0v) is 6.41. The topological polar surface area (TPSA) is 58.4 Å². The number of rotatable bonds is 2. The van der Waals surface area contributed by atoms with Gasteiger partial charge >= 0.3 is 0 Å². The van der Waals surface area contributed by atoms with E-state index in [4.69, 9.17) is 0 Å². The van der Waals surface area contributed by atoms with E-state index in [1.807, 2.05) is 11.8 Å². The molecule has 0 spiro atoms. The second-order valence-corrected chi connectivity index (χ2v) is 2.31. The van der Waals surface area contributed by atoms with Gasteiger partial charge in [0.05, 0.1) is 4.92 Å². The molecule has 5 heteroatoms. The number of hydrogen-bond acceptors (Lipinski definition) is 4. The minimum absolute atomic E-state index is 0.434. The van der Waals surface area contributed by atoms with Gasteiger partial charge in [0, 0.05) is 19.6 Å². The van der Waals surface area contributed by atoms with Crippen LogP contribution in [0.2, 0.25) is 0 Å². The van der Waals surface area contributed by atoms with E-state index in [9.17, 15) is 10.1 Å². The molecule has 62 valence electrons. The third-order valence-corrected chi connectivity index (χ3v) is 1.64. The first-order valence-electron chi connectivity index (χ1n) is 3.58. The third kappa shape index (κ3) is 1.83. The zero-order valence-electron chi connectivity index (χ0n) is 6.41. The maximum atomic E-state index is 10.1. The van der Waals surface area contributed by atoms with Crippen molar-refractivity contribution < 1.29 is 4.92 Å². The monoisotopic (exact) mass is 157 g/mol. The molecule has 5 nitrogen and oxygen atoms in total. The van der Waals surface area contributed by atoms with E-state index < -0.39 is 4.92 Å². The minimum atomic E-state index is -0.434. The molecule has 1 saturated heterocycles. The molecular formula is C6H11N3O2. The molecule has 0 atom stereocenters. The third-order valence-electron chi connectivity index (χ3n) is 1.64. The maximum Gasteiger partial charge on any atom is 0.274 e. The van der Waals surface area contributed by atoms with Crippen LogP contribution >= 0.6 is 0 Å². The summed E-state index contributed by atoms with van der Waals surface area (Å²) in [5.74, 6) is 0.623. The summed E-state index contributed by atoms with van der Waals surface area (Å²) in [7, 11) is 0. The van der Waals surface area contributed by atoms with Gasteiger partial charge < -0.3 is 10.2 Å². The van der Waals surface area contributed by atoms with E-state index in [1.54, 1.807) is 0 Å². The minimum Gasteiger partial charge on any atom is -0.365 e. The van der Waals surface area contributed by atoms with Crippen LogP contribution in [0.4, 0.5) is 0 Å². The standard InChI is InChI=1S/C6H11N3O2/c1-2-8-4-3-7-6(8)5-9(10)11/h5,7H,2-4H2,1H3/b6-5+. The predicted octanol–water partition coefficient (Wildman–Crippen LogP) is -0.0129. The number of nitro groups is 1. The van der Waals surface area contributed by atoms with Crippen LogP contribution in [-0.4, -0.2) is 29.5 Å². The SMILES string of the molecule is CCN1CCN/C1=C\[N+](=O)[O-]. The van der Waals surface area contributed by atoms with Crippen molar-refractivity contribution in [2.45, 2.75) is 6.92 Å². The average molecular weight is 157 g/mol. The smallest absolute Gasteiger partial charge is 0.274 e. The average Bonchev–Trinajstić information content (AvgIpc) is 2.34. The van der Waals surface area contributed by atoms with Crippen molar-refractivity contribution >= 4 is 0 Å². The summed E-state index contributed by atoms with van der Waals surface area (Å²) in [6, 6.07) is 0. The molecule has 11 heavy (non-hydrogen) atoms. The molecule has 1 N–H and O–H groups in total. The fraction of sp³-hybridized carbons (Fsp3) is 0.667. The molecule has 1 fully saturated rings. The van der Waals surface area contributed by atoms with E-state index in [0.717, 1.165) is 25.8 Å². The van der Waals surface area contributed by atoms with Gasteiger partial charge in [0.15, 0.2) is 5.82 Å². The Balaban J connectivity index is 2.63. The molecule has 1 aliphatic heterocycles. The molecule has 1 heterocycles. The molecule has 0 bridgehead atoms. The van der Waals surface area contributed by atoms with Crippen LogP contribution in [0.5, 0.6) is 0 Å². The highest BCUT2D eigenvalue weighted by Gasteiger charge is 2.16. The van der Waals surface area contributed by atoms with Crippen LogP contribution in [0, 0.1) is 10.1 Å². The molecule has 0 aromatic rings. The first-order chi connectivity index (χ1) is 5.24. The quantitative estimate of drug-likeness (QED) is 0.452. The maximum absolute atomic E-state index is 10.1. The Morgan fingerprint density at radius 1 is 1.91 bits per heavy atom. The lowest BCUT2D eigenvalue weighted by atomic mass is 10.5. The van der Waals surface area contributed by atoms with E-state index >= 15 is 0 Å². The van der Waals surface area contributed by atoms with Crippen LogP contribution in [0.3, 0.4) is 0 Å². The van der Waals surface area contributed by atoms with Gasteiger partial charge in [-0.3, -0.25) is 10.1 Å². The summed E-state index contributed by atoms with van der Waals surface area (Å²) >= 11 is 0. The van der Waals surface area contributed by atoms with Gasteiger partial charge in [-0.05, 0) is 6.92 Å². The Hall–Kier alpha value is -1.26. The largest absolute Gasteiger partial charge is 0.365 e. The van der Waals surface area contributed by atoms with Gasteiger partial charge in [-0.25, -0.2) is 0 Å². The summed E-state index contributed by atoms with van der Waals surface area (Å²) in [5, 5.41) is 13.0. The van der Waals surface area contributed by atoms with E-state index in [1.165, 1.54) is 0 Å². The van der Waals surface area contributed by atoms with Crippen LogP contribution < -0.4 is 5.32 Å². The van der Waals surface area contributed by atoms with Crippen LogP contribution in [-0.2, 0) is 0 Å². The summed E-state index contributed by atoms with van der Waals surface area (Å²) in [5.41, 5.74) is 0. The molecule has 1 aliphatic rings. The first-order valence-corrected chi connectivity index (χ1v) is 3.58. The molecule has 1 rings (SSSR count). The highest BCUT2D eigenvalue weighted by Crippen LogP contribution is 2.05. The number of nitrogens with one attached hydrogen (secondary N) is 1. The van der Waals surface area contributed by atoms with Gasteiger partial charge in [0.25, 0.3) is 6.20 Å². The Morgan fingerprint density at radius 2 is 2.64 bits per heavy atom. The molecule has 0 aromatic carbocycles. The Bertz CT molecular complexity index is 190. The van der Waals surface area contributed by atoms with Gasteiger partial charge in [-0.2, -0.15) is 0 Å². The lowest BCUT2D eigenvalue weighted by Crippen LogP contribution is -2.20. The predicted molar refractivity (Wildman–Crippen MR) is 40.3 cm³/mol. The normalized spacial score (nSPS) is 20.5. The molecule has 0 radical (unpaired) electrons. The molecule has 0 saturated carbocycles. The summed E-state index contributed by atoms with van der Waals surface area (Å²) in [4.78, 5) is 11.6. The molecule has 0 unspecified atom stereocenters. The first kappa shape index (κ1) is 7.84. The van der Waals surface area contributed by atoms with Crippen LogP contribution in [0.1, 0.15) is 6.92 Å².